The zero-order chi connectivity index (χ0) is 26.1. The van der Waals surface area contributed by atoms with Crippen molar-refractivity contribution in [2.75, 3.05) is 10.6 Å². The van der Waals surface area contributed by atoms with Crippen molar-refractivity contribution >= 4 is 50.6 Å². The maximum atomic E-state index is 13.1. The van der Waals surface area contributed by atoms with Gasteiger partial charge in [-0.3, -0.25) is 4.79 Å². The lowest BCUT2D eigenvalue weighted by Gasteiger charge is -2.24. The summed E-state index contributed by atoms with van der Waals surface area (Å²) in [6.07, 6.45) is 4.33. The van der Waals surface area contributed by atoms with Crippen molar-refractivity contribution < 1.29 is 4.79 Å². The Morgan fingerprint density at radius 2 is 1.84 bits per heavy atom. The summed E-state index contributed by atoms with van der Waals surface area (Å²) >= 11 is 10.0. The molecule has 38 heavy (non-hydrogen) atoms. The zero-order valence-electron chi connectivity index (χ0n) is 20.5. The summed E-state index contributed by atoms with van der Waals surface area (Å²) in [5.74, 6) is 0.843. The molecule has 2 N–H and O–H groups in total. The van der Waals surface area contributed by atoms with Gasteiger partial charge < -0.3 is 10.6 Å². The molecule has 0 radical (unpaired) electrons. The molecular formula is C30H25BrClN5O. The molecule has 0 saturated carbocycles. The average molecular weight is 587 g/mol. The van der Waals surface area contributed by atoms with Crippen molar-refractivity contribution in [1.29, 1.82) is 0 Å². The van der Waals surface area contributed by atoms with Crippen molar-refractivity contribution in [3.05, 3.63) is 111 Å². The van der Waals surface area contributed by atoms with Crippen LogP contribution in [-0.2, 0) is 24.2 Å². The lowest BCUT2D eigenvalue weighted by atomic mass is 9.83. The third-order valence-corrected chi connectivity index (χ3v) is 7.85. The maximum absolute atomic E-state index is 13.1. The van der Waals surface area contributed by atoms with E-state index in [9.17, 15) is 4.79 Å². The molecule has 2 heterocycles. The summed E-state index contributed by atoms with van der Waals surface area (Å²) in [4.78, 5) is 17.8. The van der Waals surface area contributed by atoms with E-state index in [1.54, 1.807) is 10.7 Å². The Balaban J connectivity index is 1.19. The molecule has 3 aromatic carbocycles. The fraction of sp³-hybridized carbons (Fsp3) is 0.167. The number of hydrogen-bond acceptors (Lipinski definition) is 4. The summed E-state index contributed by atoms with van der Waals surface area (Å²) in [6, 6.07) is 25.9. The molecule has 0 aliphatic heterocycles. The van der Waals surface area contributed by atoms with Crippen LogP contribution in [-0.4, -0.2) is 20.5 Å². The Kier molecular flexibility index (Phi) is 6.87. The predicted molar refractivity (Wildman–Crippen MR) is 155 cm³/mol. The number of fused-ring (bicyclic) bond motifs is 2. The number of anilines is 2. The molecule has 5 aromatic rings. The van der Waals surface area contributed by atoms with E-state index < -0.39 is 0 Å². The first-order valence-electron chi connectivity index (χ1n) is 12.5. The van der Waals surface area contributed by atoms with Crippen LogP contribution in [0.3, 0.4) is 0 Å². The third-order valence-electron chi connectivity index (χ3n) is 6.96. The largest absolute Gasteiger partial charge is 0.366 e. The minimum atomic E-state index is -0.0155. The van der Waals surface area contributed by atoms with E-state index in [1.807, 2.05) is 60.7 Å². The van der Waals surface area contributed by atoms with Gasteiger partial charge in [0.2, 0.25) is 5.91 Å². The Morgan fingerprint density at radius 1 is 1.03 bits per heavy atom. The zero-order valence-corrected chi connectivity index (χ0v) is 22.8. The number of halogens is 2. The van der Waals surface area contributed by atoms with E-state index in [4.69, 9.17) is 16.6 Å². The first kappa shape index (κ1) is 24.6. The van der Waals surface area contributed by atoms with Crippen LogP contribution in [0, 0.1) is 5.92 Å². The molecule has 1 aliphatic rings. The number of nitrogens with zero attached hydrogens (tertiary/aromatic N) is 3. The van der Waals surface area contributed by atoms with Gasteiger partial charge in [0, 0.05) is 34.8 Å². The monoisotopic (exact) mass is 585 g/mol. The molecule has 1 amide bonds. The molecular weight excluding hydrogens is 562 g/mol. The maximum Gasteiger partial charge on any atom is 0.227 e. The number of amides is 1. The van der Waals surface area contributed by atoms with Gasteiger partial charge in [-0.05, 0) is 70.1 Å². The molecule has 1 atom stereocenters. The molecule has 1 aliphatic carbocycles. The van der Waals surface area contributed by atoms with E-state index in [1.165, 1.54) is 11.1 Å². The summed E-state index contributed by atoms with van der Waals surface area (Å²) < 4.78 is 2.56. The number of aromatic nitrogens is 3. The highest BCUT2D eigenvalue weighted by atomic mass is 79.9. The van der Waals surface area contributed by atoms with Gasteiger partial charge in [-0.2, -0.15) is 9.61 Å². The fourth-order valence-electron chi connectivity index (χ4n) is 4.99. The van der Waals surface area contributed by atoms with Crippen LogP contribution in [0.4, 0.5) is 11.5 Å². The number of hydrogen-bond donors (Lipinski definition) is 2. The van der Waals surface area contributed by atoms with Crippen LogP contribution >= 0.6 is 27.5 Å². The normalized spacial score (nSPS) is 14.7. The topological polar surface area (TPSA) is 71.3 Å². The highest BCUT2D eigenvalue weighted by molar-refractivity contribution is 9.10. The number of carbonyl (C=O) groups is 1. The minimum Gasteiger partial charge on any atom is -0.366 e. The summed E-state index contributed by atoms with van der Waals surface area (Å²) in [5.41, 5.74) is 6.77. The fourth-order valence-corrected chi connectivity index (χ4v) is 5.57. The number of nitrogens with one attached hydrogen (secondary N) is 2. The van der Waals surface area contributed by atoms with Crippen molar-refractivity contribution in [3.63, 3.8) is 0 Å². The molecule has 0 spiro atoms. The Bertz CT molecular complexity index is 1650. The minimum absolute atomic E-state index is 0.0155. The molecule has 1 unspecified atom stereocenters. The standard InChI is InChI=1S/C30H25BrClN5O/c31-25-18-34-37-28(16-27(36-29(25)37)24-10-3-4-11-26(24)32)33-17-19-6-5-9-23(14-19)35-30(38)22-13-12-20-7-1-2-8-21(20)15-22/h1-11,14,16,18,22,33H,12-13,15,17H2,(H,35,38). The van der Waals surface area contributed by atoms with E-state index in [-0.39, 0.29) is 11.8 Å². The van der Waals surface area contributed by atoms with Gasteiger partial charge in [-0.25, -0.2) is 4.98 Å². The van der Waals surface area contributed by atoms with Gasteiger partial charge in [-0.1, -0.05) is 66.2 Å². The van der Waals surface area contributed by atoms with Gasteiger partial charge in [0.15, 0.2) is 5.65 Å². The number of benzene rings is 3. The van der Waals surface area contributed by atoms with Crippen LogP contribution in [0.1, 0.15) is 23.1 Å². The second kappa shape index (κ2) is 10.6. The van der Waals surface area contributed by atoms with Crippen molar-refractivity contribution in [3.8, 4) is 11.3 Å². The lowest BCUT2D eigenvalue weighted by molar-refractivity contribution is -0.120. The van der Waals surface area contributed by atoms with Crippen molar-refractivity contribution in [2.45, 2.75) is 25.8 Å². The third kappa shape index (κ3) is 5.04. The predicted octanol–water partition coefficient (Wildman–Crippen LogP) is 7.17. The van der Waals surface area contributed by atoms with Crippen molar-refractivity contribution in [1.82, 2.24) is 14.6 Å². The van der Waals surface area contributed by atoms with E-state index in [2.05, 4.69) is 49.9 Å². The SMILES string of the molecule is O=C(Nc1cccc(CNc2cc(-c3ccccc3Cl)nc3c(Br)cnn23)c1)C1CCc2ccccc2C1. The lowest BCUT2D eigenvalue weighted by Crippen LogP contribution is -2.28. The highest BCUT2D eigenvalue weighted by Crippen LogP contribution is 2.31. The van der Waals surface area contributed by atoms with Gasteiger partial charge in [0.05, 0.1) is 16.4 Å². The highest BCUT2D eigenvalue weighted by Gasteiger charge is 2.24. The molecule has 6 rings (SSSR count). The molecule has 0 fully saturated rings. The van der Waals surface area contributed by atoms with Gasteiger partial charge in [-0.15, -0.1) is 0 Å². The summed E-state index contributed by atoms with van der Waals surface area (Å²) in [7, 11) is 0. The molecule has 8 heteroatoms. The Morgan fingerprint density at radius 3 is 2.71 bits per heavy atom. The smallest absolute Gasteiger partial charge is 0.227 e. The first-order valence-corrected chi connectivity index (χ1v) is 13.7. The van der Waals surface area contributed by atoms with Crippen LogP contribution in [0.15, 0.2) is 89.5 Å². The average Bonchev–Trinajstić information content (AvgIpc) is 3.32. The van der Waals surface area contributed by atoms with Crippen LogP contribution in [0.25, 0.3) is 16.9 Å². The summed E-state index contributed by atoms with van der Waals surface area (Å²) in [6.45, 7) is 0.541. The number of carbonyl (C=O) groups excluding carboxylic acids is 1. The Labute approximate surface area is 234 Å². The first-order chi connectivity index (χ1) is 18.5. The van der Waals surface area contributed by atoms with E-state index in [0.29, 0.717) is 17.2 Å². The molecule has 0 bridgehead atoms. The van der Waals surface area contributed by atoms with E-state index in [0.717, 1.165) is 52.1 Å². The second-order valence-corrected chi connectivity index (χ2v) is 10.7. The van der Waals surface area contributed by atoms with Gasteiger partial charge >= 0.3 is 0 Å². The molecule has 2 aromatic heterocycles. The van der Waals surface area contributed by atoms with Gasteiger partial charge in [0.25, 0.3) is 0 Å². The molecule has 6 nitrogen and oxygen atoms in total. The van der Waals surface area contributed by atoms with E-state index >= 15 is 0 Å². The molecule has 190 valence electrons. The summed E-state index contributed by atoms with van der Waals surface area (Å²) in [5, 5.41) is 11.7. The quantitative estimate of drug-likeness (QED) is 0.221. The van der Waals surface area contributed by atoms with Crippen molar-refractivity contribution in [2.24, 2.45) is 5.92 Å². The molecule has 0 saturated heterocycles. The van der Waals surface area contributed by atoms with Crippen LogP contribution < -0.4 is 10.6 Å². The van der Waals surface area contributed by atoms with Crippen LogP contribution in [0.2, 0.25) is 5.02 Å². The Hall–Kier alpha value is -3.68. The number of aryl methyl sites for hydroxylation is 1. The number of rotatable bonds is 6. The van der Waals surface area contributed by atoms with Gasteiger partial charge in [0.1, 0.15) is 5.82 Å². The second-order valence-electron chi connectivity index (χ2n) is 9.49. The van der Waals surface area contributed by atoms with Crippen LogP contribution in [0.5, 0.6) is 0 Å².